The van der Waals surface area contributed by atoms with Crippen molar-refractivity contribution in [1.82, 2.24) is 5.32 Å². The van der Waals surface area contributed by atoms with Crippen LogP contribution >= 0.6 is 15.9 Å². The minimum atomic E-state index is 0.439. The summed E-state index contributed by atoms with van der Waals surface area (Å²) in [6, 6.07) is 9.12. The molecule has 106 valence electrons. The molecule has 0 bridgehead atoms. The van der Waals surface area contributed by atoms with Crippen LogP contribution in [0.1, 0.15) is 38.2 Å². The maximum Gasteiger partial charge on any atom is 0.0547 e. The summed E-state index contributed by atoms with van der Waals surface area (Å²) in [7, 11) is 0. The number of hydrogen-bond acceptors (Lipinski definition) is 2. The summed E-state index contributed by atoms with van der Waals surface area (Å²) in [5.74, 6) is 1.28. The number of ether oxygens (including phenoxy) is 1. The third-order valence-corrected chi connectivity index (χ3v) is 4.01. The Morgan fingerprint density at radius 3 is 2.53 bits per heavy atom. The fraction of sp³-hybridized carbons (Fsp3) is 0.625. The van der Waals surface area contributed by atoms with Crippen molar-refractivity contribution in [1.29, 1.82) is 0 Å². The van der Waals surface area contributed by atoms with E-state index in [1.807, 2.05) is 0 Å². The molecule has 19 heavy (non-hydrogen) atoms. The summed E-state index contributed by atoms with van der Waals surface area (Å²) in [5.41, 5.74) is 1.35. The van der Waals surface area contributed by atoms with Gasteiger partial charge in [0.25, 0.3) is 0 Å². The van der Waals surface area contributed by atoms with Gasteiger partial charge in [0.15, 0.2) is 0 Å². The molecular formula is C16H24BrNO. The van der Waals surface area contributed by atoms with E-state index in [1.54, 1.807) is 0 Å². The molecule has 1 aromatic carbocycles. The molecule has 0 aromatic heterocycles. The maximum atomic E-state index is 5.88. The average molecular weight is 326 g/mol. The van der Waals surface area contributed by atoms with Gasteiger partial charge >= 0.3 is 0 Å². The SMILES string of the molecule is CC(C)NCC(COCC1CC1)c1ccc(Br)cc1. The minimum absolute atomic E-state index is 0.439. The first-order valence-electron chi connectivity index (χ1n) is 7.21. The monoisotopic (exact) mass is 325 g/mol. The van der Waals surface area contributed by atoms with Crippen LogP contribution in [0.25, 0.3) is 0 Å². The van der Waals surface area contributed by atoms with Crippen LogP contribution in [0.2, 0.25) is 0 Å². The number of halogens is 1. The van der Waals surface area contributed by atoms with Crippen LogP contribution in [0.15, 0.2) is 28.7 Å². The summed E-state index contributed by atoms with van der Waals surface area (Å²) >= 11 is 3.49. The summed E-state index contributed by atoms with van der Waals surface area (Å²) in [4.78, 5) is 0. The normalized spacial score (nSPS) is 16.8. The zero-order valence-electron chi connectivity index (χ0n) is 11.9. The molecular weight excluding hydrogens is 302 g/mol. The Morgan fingerprint density at radius 2 is 1.95 bits per heavy atom. The highest BCUT2D eigenvalue weighted by molar-refractivity contribution is 9.10. The predicted octanol–water partition coefficient (Wildman–Crippen LogP) is 3.96. The lowest BCUT2D eigenvalue weighted by molar-refractivity contribution is 0.110. The summed E-state index contributed by atoms with van der Waals surface area (Å²) in [6.07, 6.45) is 2.71. The standard InChI is InChI=1S/C16H24BrNO/c1-12(2)18-9-15(11-19-10-13-3-4-13)14-5-7-16(17)8-6-14/h5-8,12-13,15,18H,3-4,9-11H2,1-2H3. The smallest absolute Gasteiger partial charge is 0.0547 e. The largest absolute Gasteiger partial charge is 0.380 e. The first kappa shape index (κ1) is 15.0. The average Bonchev–Trinajstić information content (AvgIpc) is 3.18. The molecule has 1 unspecified atom stereocenters. The molecule has 3 heteroatoms. The molecule has 2 rings (SSSR count). The fourth-order valence-electron chi connectivity index (χ4n) is 2.05. The maximum absolute atomic E-state index is 5.88. The van der Waals surface area contributed by atoms with Crippen LogP contribution in [-0.2, 0) is 4.74 Å². The van der Waals surface area contributed by atoms with E-state index >= 15 is 0 Å². The Morgan fingerprint density at radius 1 is 1.26 bits per heavy atom. The van der Waals surface area contributed by atoms with E-state index in [4.69, 9.17) is 4.74 Å². The van der Waals surface area contributed by atoms with Gasteiger partial charge in [-0.1, -0.05) is 41.9 Å². The first-order valence-corrected chi connectivity index (χ1v) is 8.01. The highest BCUT2D eigenvalue weighted by Crippen LogP contribution is 2.29. The third kappa shape index (κ3) is 5.64. The molecule has 1 aromatic rings. The van der Waals surface area contributed by atoms with Crippen LogP contribution in [-0.4, -0.2) is 25.8 Å². The van der Waals surface area contributed by atoms with Crippen molar-refractivity contribution in [2.45, 2.75) is 38.6 Å². The number of nitrogens with one attached hydrogen (secondary N) is 1. The topological polar surface area (TPSA) is 21.3 Å². The van der Waals surface area contributed by atoms with E-state index in [2.05, 4.69) is 59.4 Å². The molecule has 0 heterocycles. The molecule has 2 nitrogen and oxygen atoms in total. The summed E-state index contributed by atoms with van der Waals surface area (Å²) in [5, 5.41) is 3.52. The number of benzene rings is 1. The van der Waals surface area contributed by atoms with E-state index in [-0.39, 0.29) is 0 Å². The first-order chi connectivity index (χ1) is 9.15. The zero-order chi connectivity index (χ0) is 13.7. The van der Waals surface area contributed by atoms with E-state index in [0.29, 0.717) is 12.0 Å². The fourth-order valence-corrected chi connectivity index (χ4v) is 2.31. The highest BCUT2D eigenvalue weighted by atomic mass is 79.9. The minimum Gasteiger partial charge on any atom is -0.380 e. The Kier molecular flexibility index (Phi) is 5.86. The second-order valence-corrected chi connectivity index (χ2v) is 6.71. The van der Waals surface area contributed by atoms with Crippen LogP contribution in [0.3, 0.4) is 0 Å². The second kappa shape index (κ2) is 7.41. The molecule has 1 aliphatic rings. The zero-order valence-corrected chi connectivity index (χ0v) is 13.4. The van der Waals surface area contributed by atoms with E-state index in [9.17, 15) is 0 Å². The van der Waals surface area contributed by atoms with Gasteiger partial charge in [0.05, 0.1) is 6.61 Å². The van der Waals surface area contributed by atoms with Crippen molar-refractivity contribution in [3.63, 3.8) is 0 Å². The van der Waals surface area contributed by atoms with Gasteiger partial charge in [-0.3, -0.25) is 0 Å². The second-order valence-electron chi connectivity index (χ2n) is 5.79. The molecule has 1 fully saturated rings. The molecule has 0 aliphatic heterocycles. The molecule has 0 saturated heterocycles. The van der Waals surface area contributed by atoms with E-state index < -0.39 is 0 Å². The van der Waals surface area contributed by atoms with Crippen LogP contribution in [0.5, 0.6) is 0 Å². The van der Waals surface area contributed by atoms with Crippen LogP contribution in [0, 0.1) is 5.92 Å². The van der Waals surface area contributed by atoms with Crippen molar-refractivity contribution >= 4 is 15.9 Å². The summed E-state index contributed by atoms with van der Waals surface area (Å²) < 4.78 is 7.02. The van der Waals surface area contributed by atoms with Crippen molar-refractivity contribution < 1.29 is 4.74 Å². The molecule has 0 spiro atoms. The Balaban J connectivity index is 1.88. The van der Waals surface area contributed by atoms with Crippen molar-refractivity contribution in [3.05, 3.63) is 34.3 Å². The number of hydrogen-bond donors (Lipinski definition) is 1. The van der Waals surface area contributed by atoms with E-state index in [1.165, 1.54) is 18.4 Å². The highest BCUT2D eigenvalue weighted by Gasteiger charge is 2.22. The van der Waals surface area contributed by atoms with Gasteiger partial charge in [-0.05, 0) is 36.5 Å². The lowest BCUT2D eigenvalue weighted by Gasteiger charge is -2.20. The Hall–Kier alpha value is -0.380. The number of rotatable bonds is 8. The molecule has 1 atom stereocenters. The van der Waals surface area contributed by atoms with Crippen LogP contribution < -0.4 is 5.32 Å². The summed E-state index contributed by atoms with van der Waals surface area (Å²) in [6.45, 7) is 7.10. The molecule has 1 aliphatic carbocycles. The quantitative estimate of drug-likeness (QED) is 0.781. The van der Waals surface area contributed by atoms with E-state index in [0.717, 1.165) is 30.1 Å². The van der Waals surface area contributed by atoms with Gasteiger partial charge in [-0.25, -0.2) is 0 Å². The van der Waals surface area contributed by atoms with Gasteiger partial charge in [0.2, 0.25) is 0 Å². The Labute approximate surface area is 125 Å². The molecule has 1 saturated carbocycles. The van der Waals surface area contributed by atoms with Gasteiger partial charge in [0.1, 0.15) is 0 Å². The molecule has 0 amide bonds. The van der Waals surface area contributed by atoms with Gasteiger partial charge in [-0.15, -0.1) is 0 Å². The lowest BCUT2D eigenvalue weighted by Crippen LogP contribution is -2.30. The van der Waals surface area contributed by atoms with Gasteiger partial charge < -0.3 is 10.1 Å². The van der Waals surface area contributed by atoms with Crippen molar-refractivity contribution in [3.8, 4) is 0 Å². The van der Waals surface area contributed by atoms with Crippen molar-refractivity contribution in [2.24, 2.45) is 5.92 Å². The van der Waals surface area contributed by atoms with Gasteiger partial charge in [0, 0.05) is 29.6 Å². The lowest BCUT2D eigenvalue weighted by atomic mass is 10.00. The third-order valence-electron chi connectivity index (χ3n) is 3.48. The van der Waals surface area contributed by atoms with Gasteiger partial charge in [-0.2, -0.15) is 0 Å². The molecule has 0 radical (unpaired) electrons. The van der Waals surface area contributed by atoms with Crippen LogP contribution in [0.4, 0.5) is 0 Å². The molecule has 1 N–H and O–H groups in total. The van der Waals surface area contributed by atoms with Crippen molar-refractivity contribution in [2.75, 3.05) is 19.8 Å². The Bertz CT molecular complexity index is 373. The predicted molar refractivity (Wildman–Crippen MR) is 83.6 cm³/mol.